The molecule has 1 amide bonds. The van der Waals surface area contributed by atoms with Crippen molar-refractivity contribution in [2.24, 2.45) is 5.92 Å². The van der Waals surface area contributed by atoms with Gasteiger partial charge >= 0.3 is 0 Å². The van der Waals surface area contributed by atoms with E-state index in [1.54, 1.807) is 0 Å². The van der Waals surface area contributed by atoms with Crippen molar-refractivity contribution in [3.05, 3.63) is 35.4 Å². The lowest BCUT2D eigenvalue weighted by Crippen LogP contribution is -2.49. The van der Waals surface area contributed by atoms with E-state index in [1.807, 2.05) is 29.2 Å². The predicted molar refractivity (Wildman–Crippen MR) is 96.8 cm³/mol. The lowest BCUT2D eigenvalue weighted by atomic mass is 10.0. The highest BCUT2D eigenvalue weighted by atomic mass is 16.2. The summed E-state index contributed by atoms with van der Waals surface area (Å²) in [5.74, 6) is 0.434. The second kappa shape index (κ2) is 9.20. The molecule has 0 unspecified atom stereocenters. The predicted octanol–water partition coefficient (Wildman–Crippen LogP) is 3.01. The minimum absolute atomic E-state index is 0.0799. The van der Waals surface area contributed by atoms with Crippen molar-refractivity contribution in [3.8, 4) is 12.1 Å². The largest absolute Gasteiger partial charge is 0.336 e. The molecule has 1 fully saturated rings. The molecule has 1 atom stereocenters. The van der Waals surface area contributed by atoms with Gasteiger partial charge in [-0.05, 0) is 30.0 Å². The summed E-state index contributed by atoms with van der Waals surface area (Å²) in [4.78, 5) is 16.7. The Balaban J connectivity index is 1.86. The quantitative estimate of drug-likeness (QED) is 0.799. The van der Waals surface area contributed by atoms with Crippen molar-refractivity contribution in [2.75, 3.05) is 32.7 Å². The van der Waals surface area contributed by atoms with Crippen LogP contribution in [0.4, 0.5) is 0 Å². The molecule has 1 aliphatic heterocycles. The summed E-state index contributed by atoms with van der Waals surface area (Å²) in [6.45, 7) is 7.88. The Hall–Kier alpha value is -2.37. The van der Waals surface area contributed by atoms with Crippen LogP contribution in [-0.2, 0) is 0 Å². The summed E-state index contributed by atoms with van der Waals surface area (Å²) >= 11 is 0. The first-order valence-corrected chi connectivity index (χ1v) is 8.93. The monoisotopic (exact) mass is 338 g/mol. The van der Waals surface area contributed by atoms with Crippen LogP contribution in [0.5, 0.6) is 0 Å². The Bertz CT molecular complexity index is 646. The van der Waals surface area contributed by atoms with Gasteiger partial charge in [0.05, 0.1) is 18.1 Å². The molecule has 5 heteroatoms. The van der Waals surface area contributed by atoms with Crippen LogP contribution in [-0.4, -0.2) is 48.4 Å². The minimum atomic E-state index is -0.106. The molecule has 2 rings (SSSR count). The summed E-state index contributed by atoms with van der Waals surface area (Å²) in [5.41, 5.74) is 1.98. The van der Waals surface area contributed by atoms with E-state index in [4.69, 9.17) is 5.26 Å². The zero-order chi connectivity index (χ0) is 18.2. The zero-order valence-electron chi connectivity index (χ0n) is 15.1. The molecule has 0 aromatic heterocycles. The summed E-state index contributed by atoms with van der Waals surface area (Å²) in [6.07, 6.45) is 1.04. The van der Waals surface area contributed by atoms with E-state index in [9.17, 15) is 10.1 Å². The van der Waals surface area contributed by atoms with Gasteiger partial charge in [0.1, 0.15) is 0 Å². The van der Waals surface area contributed by atoms with Crippen LogP contribution in [0.25, 0.3) is 0 Å². The average molecular weight is 338 g/mol. The van der Waals surface area contributed by atoms with E-state index in [0.717, 1.165) is 18.7 Å². The Morgan fingerprint density at radius 3 is 2.28 bits per heavy atom. The van der Waals surface area contributed by atoms with Gasteiger partial charge in [-0.3, -0.25) is 9.69 Å². The van der Waals surface area contributed by atoms with Crippen LogP contribution < -0.4 is 0 Å². The van der Waals surface area contributed by atoms with E-state index in [2.05, 4.69) is 30.9 Å². The summed E-state index contributed by atoms with van der Waals surface area (Å²) in [6, 6.07) is 12.3. The van der Waals surface area contributed by atoms with Crippen LogP contribution >= 0.6 is 0 Å². The van der Waals surface area contributed by atoms with Crippen LogP contribution in [0, 0.1) is 28.6 Å². The number of carbonyl (C=O) groups excluding carboxylic acids is 1. The van der Waals surface area contributed by atoms with Gasteiger partial charge in [0.2, 0.25) is 0 Å². The number of hydrogen-bond donors (Lipinski definition) is 0. The van der Waals surface area contributed by atoms with Gasteiger partial charge in [-0.1, -0.05) is 26.0 Å². The molecule has 0 bridgehead atoms. The fourth-order valence-electron chi connectivity index (χ4n) is 3.07. The highest BCUT2D eigenvalue weighted by Gasteiger charge is 2.23. The number of carbonyl (C=O) groups is 1. The third-order valence-corrected chi connectivity index (χ3v) is 4.75. The molecule has 0 aliphatic carbocycles. The molecule has 1 heterocycles. The highest BCUT2D eigenvalue weighted by molar-refractivity contribution is 5.94. The first-order chi connectivity index (χ1) is 12.0. The van der Waals surface area contributed by atoms with Gasteiger partial charge in [0.15, 0.2) is 0 Å². The molecule has 1 aromatic rings. The Labute approximate surface area is 150 Å². The third kappa shape index (κ3) is 5.31. The molecule has 5 nitrogen and oxygen atoms in total. The van der Waals surface area contributed by atoms with Gasteiger partial charge < -0.3 is 4.90 Å². The van der Waals surface area contributed by atoms with Gasteiger partial charge in [-0.15, -0.1) is 0 Å². The molecule has 0 N–H and O–H groups in total. The van der Waals surface area contributed by atoms with E-state index < -0.39 is 0 Å². The van der Waals surface area contributed by atoms with Crippen molar-refractivity contribution in [1.29, 1.82) is 10.5 Å². The van der Waals surface area contributed by atoms with Crippen molar-refractivity contribution in [1.82, 2.24) is 9.80 Å². The lowest BCUT2D eigenvalue weighted by molar-refractivity contribution is 0.0625. The minimum Gasteiger partial charge on any atom is -0.336 e. The summed E-state index contributed by atoms with van der Waals surface area (Å²) in [7, 11) is 0. The maximum absolute atomic E-state index is 12.6. The molecule has 25 heavy (non-hydrogen) atoms. The van der Waals surface area contributed by atoms with Crippen molar-refractivity contribution in [3.63, 3.8) is 0 Å². The standard InChI is InChI=1S/C20H26N4O/c1-16(2)18-5-7-19(8-6-18)20(25)24-12-10-23(11-13-24)15-17(14-22)4-3-9-21/h5-8,16-17H,3-4,10-13,15H2,1-2H3/t17-/m1/s1. The van der Waals surface area contributed by atoms with E-state index in [1.165, 1.54) is 5.56 Å². The molecule has 1 saturated heterocycles. The van der Waals surface area contributed by atoms with Crippen LogP contribution in [0.1, 0.15) is 48.5 Å². The second-order valence-corrected chi connectivity index (χ2v) is 6.89. The number of nitriles is 2. The molecule has 0 spiro atoms. The Morgan fingerprint density at radius 2 is 1.76 bits per heavy atom. The Kier molecular flexibility index (Phi) is 6.98. The smallest absolute Gasteiger partial charge is 0.253 e. The number of amides is 1. The molecule has 1 aliphatic rings. The van der Waals surface area contributed by atoms with E-state index >= 15 is 0 Å². The maximum Gasteiger partial charge on any atom is 0.253 e. The third-order valence-electron chi connectivity index (χ3n) is 4.75. The van der Waals surface area contributed by atoms with E-state index in [0.29, 0.717) is 38.4 Å². The molecule has 0 saturated carbocycles. The topological polar surface area (TPSA) is 71.1 Å². The van der Waals surface area contributed by atoms with Crippen LogP contribution in [0.3, 0.4) is 0 Å². The highest BCUT2D eigenvalue weighted by Crippen LogP contribution is 2.17. The van der Waals surface area contributed by atoms with Crippen molar-refractivity contribution in [2.45, 2.75) is 32.6 Å². The Morgan fingerprint density at radius 1 is 1.12 bits per heavy atom. The van der Waals surface area contributed by atoms with Gasteiger partial charge in [0.25, 0.3) is 5.91 Å². The van der Waals surface area contributed by atoms with Crippen LogP contribution in [0.2, 0.25) is 0 Å². The molecule has 1 aromatic carbocycles. The lowest BCUT2D eigenvalue weighted by Gasteiger charge is -2.35. The molecular weight excluding hydrogens is 312 g/mol. The summed E-state index contributed by atoms with van der Waals surface area (Å²) in [5, 5.41) is 17.8. The number of hydrogen-bond acceptors (Lipinski definition) is 4. The maximum atomic E-state index is 12.6. The van der Waals surface area contributed by atoms with Crippen LogP contribution in [0.15, 0.2) is 24.3 Å². The van der Waals surface area contributed by atoms with Crippen molar-refractivity contribution < 1.29 is 4.79 Å². The van der Waals surface area contributed by atoms with Crippen molar-refractivity contribution >= 4 is 5.91 Å². The number of nitrogens with zero attached hydrogens (tertiary/aromatic N) is 4. The first kappa shape index (κ1) is 19.0. The van der Waals surface area contributed by atoms with Gasteiger partial charge in [-0.2, -0.15) is 10.5 Å². The normalized spacial score (nSPS) is 16.3. The number of benzene rings is 1. The number of piperazine rings is 1. The molecular formula is C20H26N4O. The zero-order valence-corrected chi connectivity index (χ0v) is 15.1. The van der Waals surface area contributed by atoms with E-state index in [-0.39, 0.29) is 11.8 Å². The molecule has 0 radical (unpaired) electrons. The first-order valence-electron chi connectivity index (χ1n) is 8.93. The SMILES string of the molecule is CC(C)c1ccc(C(=O)N2CCN(C[C@@H](C#N)CCC#N)CC2)cc1. The summed E-state index contributed by atoms with van der Waals surface area (Å²) < 4.78 is 0. The average Bonchev–Trinajstić information content (AvgIpc) is 2.65. The van der Waals surface area contributed by atoms with Gasteiger partial charge in [0, 0.05) is 44.7 Å². The fourth-order valence-corrected chi connectivity index (χ4v) is 3.07. The fraction of sp³-hybridized carbons (Fsp3) is 0.550. The molecule has 132 valence electrons. The second-order valence-electron chi connectivity index (χ2n) is 6.89. The number of rotatable bonds is 6. The van der Waals surface area contributed by atoms with Gasteiger partial charge in [-0.25, -0.2) is 0 Å².